The van der Waals surface area contributed by atoms with Crippen molar-refractivity contribution in [3.63, 3.8) is 0 Å². The van der Waals surface area contributed by atoms with Gasteiger partial charge in [-0.2, -0.15) is 11.8 Å². The number of rotatable bonds is 13. The zero-order valence-electron chi connectivity index (χ0n) is 16.5. The molecule has 7 nitrogen and oxygen atoms in total. The number of thioether (sulfide) groups is 1. The molecule has 0 aliphatic carbocycles. The molecule has 0 aromatic carbocycles. The van der Waals surface area contributed by atoms with Crippen molar-refractivity contribution >= 4 is 29.5 Å². The molecule has 0 spiro atoms. The molecule has 0 saturated carbocycles. The molecule has 154 valence electrons. The SMILES string of the molecule is CCC(=O)[C@H](CCCCNC(=O)CCCCC1SC[C@H]2NC(=O)N[C@@H]12)NC. The number of likely N-dealkylation sites (N-methyl/N-ethyl adjacent to an activating group) is 1. The molecule has 27 heavy (non-hydrogen) atoms. The van der Waals surface area contributed by atoms with Gasteiger partial charge in [-0.25, -0.2) is 4.79 Å². The number of fused-ring (bicyclic) bond motifs is 1. The first-order valence-electron chi connectivity index (χ1n) is 10.2. The molecule has 0 bridgehead atoms. The quantitative estimate of drug-likeness (QED) is 0.279. The van der Waals surface area contributed by atoms with Crippen LogP contribution >= 0.6 is 11.8 Å². The average molecular weight is 399 g/mol. The molecule has 0 aromatic rings. The van der Waals surface area contributed by atoms with E-state index in [0.29, 0.717) is 24.6 Å². The summed E-state index contributed by atoms with van der Waals surface area (Å²) in [5.74, 6) is 1.34. The summed E-state index contributed by atoms with van der Waals surface area (Å²) in [5, 5.41) is 12.4. The fourth-order valence-corrected chi connectivity index (χ4v) is 5.32. The van der Waals surface area contributed by atoms with Crippen molar-refractivity contribution in [2.45, 2.75) is 81.7 Å². The molecule has 3 amide bonds. The largest absolute Gasteiger partial charge is 0.356 e. The lowest BCUT2D eigenvalue weighted by Gasteiger charge is -2.16. The third-order valence-corrected chi connectivity index (χ3v) is 6.92. The van der Waals surface area contributed by atoms with E-state index in [1.54, 1.807) is 0 Å². The van der Waals surface area contributed by atoms with Crippen molar-refractivity contribution in [3.8, 4) is 0 Å². The second kappa shape index (κ2) is 11.5. The first-order valence-corrected chi connectivity index (χ1v) is 11.2. The number of Topliss-reactive ketones (excluding diaryl/α,β-unsaturated/α-hetero) is 1. The zero-order chi connectivity index (χ0) is 19.6. The van der Waals surface area contributed by atoms with E-state index < -0.39 is 0 Å². The normalized spacial score (nSPS) is 24.8. The maximum Gasteiger partial charge on any atom is 0.315 e. The minimum Gasteiger partial charge on any atom is -0.356 e. The Kier molecular flexibility index (Phi) is 9.41. The number of hydrogen-bond donors (Lipinski definition) is 4. The molecule has 2 heterocycles. The van der Waals surface area contributed by atoms with Crippen molar-refractivity contribution in [3.05, 3.63) is 0 Å². The number of amides is 3. The Balaban J connectivity index is 1.47. The molecule has 2 aliphatic heterocycles. The van der Waals surface area contributed by atoms with Crippen molar-refractivity contribution in [2.75, 3.05) is 19.3 Å². The zero-order valence-corrected chi connectivity index (χ0v) is 17.3. The summed E-state index contributed by atoms with van der Waals surface area (Å²) in [5.41, 5.74) is 0. The van der Waals surface area contributed by atoms with E-state index in [1.807, 2.05) is 25.7 Å². The summed E-state index contributed by atoms with van der Waals surface area (Å²) in [6, 6.07) is 0.414. The van der Waals surface area contributed by atoms with E-state index in [2.05, 4.69) is 21.3 Å². The molecular weight excluding hydrogens is 364 g/mol. The van der Waals surface area contributed by atoms with Crippen LogP contribution in [0.25, 0.3) is 0 Å². The van der Waals surface area contributed by atoms with Crippen LogP contribution in [0.2, 0.25) is 0 Å². The Morgan fingerprint density at radius 3 is 2.78 bits per heavy atom. The van der Waals surface area contributed by atoms with Gasteiger partial charge in [0, 0.05) is 30.4 Å². The standard InChI is InChI=1S/C19H34N4O3S/c1-3-15(24)13(20-2)8-6-7-11-21-17(25)10-5-4-9-16-18-14(12-27-16)22-19(26)23-18/h13-14,16,18,20H,3-12H2,1-2H3,(H,21,25)(H2,22,23,26)/t13-,14+,16?,18+/m0/s1. The maximum absolute atomic E-state index is 11.9. The third-order valence-electron chi connectivity index (χ3n) is 5.41. The lowest BCUT2D eigenvalue weighted by atomic mass is 10.0. The van der Waals surface area contributed by atoms with Crippen LogP contribution in [-0.2, 0) is 9.59 Å². The van der Waals surface area contributed by atoms with Gasteiger partial charge in [-0.05, 0) is 39.2 Å². The van der Waals surface area contributed by atoms with Gasteiger partial charge in [0.05, 0.1) is 18.1 Å². The van der Waals surface area contributed by atoms with Crippen LogP contribution in [0.1, 0.15) is 58.3 Å². The summed E-state index contributed by atoms with van der Waals surface area (Å²) in [6.07, 6.45) is 6.70. The lowest BCUT2D eigenvalue weighted by Crippen LogP contribution is -2.36. The van der Waals surface area contributed by atoms with Gasteiger partial charge in [-0.15, -0.1) is 0 Å². The Bertz CT molecular complexity index is 517. The number of unbranched alkanes of at least 4 members (excludes halogenated alkanes) is 2. The van der Waals surface area contributed by atoms with E-state index in [-0.39, 0.29) is 35.8 Å². The van der Waals surface area contributed by atoms with E-state index in [1.165, 1.54) is 0 Å². The number of carbonyl (C=O) groups is 3. The maximum atomic E-state index is 11.9. The highest BCUT2D eigenvalue weighted by Gasteiger charge is 2.42. The number of nitrogens with one attached hydrogen (secondary N) is 4. The van der Waals surface area contributed by atoms with Gasteiger partial charge < -0.3 is 21.3 Å². The van der Waals surface area contributed by atoms with E-state index >= 15 is 0 Å². The molecule has 8 heteroatoms. The smallest absolute Gasteiger partial charge is 0.315 e. The first kappa shape index (κ1) is 22.0. The Hall–Kier alpha value is -1.28. The van der Waals surface area contributed by atoms with Gasteiger partial charge in [-0.1, -0.05) is 13.3 Å². The molecule has 0 radical (unpaired) electrons. The van der Waals surface area contributed by atoms with Crippen molar-refractivity contribution < 1.29 is 14.4 Å². The van der Waals surface area contributed by atoms with Crippen LogP contribution in [0.4, 0.5) is 4.79 Å². The highest BCUT2D eigenvalue weighted by molar-refractivity contribution is 8.00. The van der Waals surface area contributed by atoms with Crippen LogP contribution in [-0.4, -0.2) is 60.4 Å². The van der Waals surface area contributed by atoms with E-state index in [0.717, 1.165) is 44.3 Å². The fraction of sp³-hybridized carbons (Fsp3) is 0.842. The van der Waals surface area contributed by atoms with E-state index in [4.69, 9.17) is 0 Å². The monoisotopic (exact) mass is 398 g/mol. The van der Waals surface area contributed by atoms with Gasteiger partial charge >= 0.3 is 6.03 Å². The number of carbonyl (C=O) groups excluding carboxylic acids is 3. The second-order valence-electron chi connectivity index (χ2n) is 7.37. The second-order valence-corrected chi connectivity index (χ2v) is 8.65. The highest BCUT2D eigenvalue weighted by Crippen LogP contribution is 2.33. The molecule has 4 N–H and O–H groups in total. The van der Waals surface area contributed by atoms with Gasteiger partial charge in [0.2, 0.25) is 5.91 Å². The molecule has 1 unspecified atom stereocenters. The van der Waals surface area contributed by atoms with Gasteiger partial charge in [-0.3, -0.25) is 9.59 Å². The minimum atomic E-state index is -0.0568. The molecule has 2 rings (SSSR count). The minimum absolute atomic E-state index is 0.0465. The van der Waals surface area contributed by atoms with Crippen molar-refractivity contribution in [2.24, 2.45) is 0 Å². The average Bonchev–Trinajstić information content (AvgIpc) is 3.20. The Morgan fingerprint density at radius 2 is 2.04 bits per heavy atom. The van der Waals surface area contributed by atoms with Crippen LogP contribution in [0.15, 0.2) is 0 Å². The first-order chi connectivity index (χ1) is 13.0. The van der Waals surface area contributed by atoms with Crippen LogP contribution in [0.5, 0.6) is 0 Å². The summed E-state index contributed by atoms with van der Waals surface area (Å²) in [4.78, 5) is 35.0. The summed E-state index contributed by atoms with van der Waals surface area (Å²) >= 11 is 1.92. The summed E-state index contributed by atoms with van der Waals surface area (Å²) < 4.78 is 0. The molecule has 2 aliphatic rings. The van der Waals surface area contributed by atoms with Crippen LogP contribution in [0, 0.1) is 0 Å². The Labute approximate surface area is 166 Å². The van der Waals surface area contributed by atoms with Crippen LogP contribution in [0.3, 0.4) is 0 Å². The van der Waals surface area contributed by atoms with Gasteiger partial charge in [0.25, 0.3) is 0 Å². The van der Waals surface area contributed by atoms with Crippen LogP contribution < -0.4 is 21.3 Å². The van der Waals surface area contributed by atoms with Crippen molar-refractivity contribution in [1.82, 2.24) is 21.3 Å². The fourth-order valence-electron chi connectivity index (χ4n) is 3.78. The molecule has 2 fully saturated rings. The number of ketones is 1. The Morgan fingerprint density at radius 1 is 1.22 bits per heavy atom. The van der Waals surface area contributed by atoms with Crippen molar-refractivity contribution in [1.29, 1.82) is 0 Å². The third kappa shape index (κ3) is 6.99. The predicted molar refractivity (Wildman–Crippen MR) is 109 cm³/mol. The van der Waals surface area contributed by atoms with E-state index in [9.17, 15) is 14.4 Å². The highest BCUT2D eigenvalue weighted by atomic mass is 32.2. The topological polar surface area (TPSA) is 99.3 Å². The molecule has 4 atom stereocenters. The summed E-state index contributed by atoms with van der Waals surface area (Å²) in [7, 11) is 1.82. The summed E-state index contributed by atoms with van der Waals surface area (Å²) in [6.45, 7) is 2.56. The predicted octanol–water partition coefficient (Wildman–Crippen LogP) is 1.57. The number of hydrogen-bond acceptors (Lipinski definition) is 5. The molecule has 0 aromatic heterocycles. The van der Waals surface area contributed by atoms with Gasteiger partial charge in [0.1, 0.15) is 5.78 Å². The lowest BCUT2D eigenvalue weighted by molar-refractivity contribution is -0.122. The van der Waals surface area contributed by atoms with Gasteiger partial charge in [0.15, 0.2) is 0 Å². The molecular formula is C19H34N4O3S. The molecule has 2 saturated heterocycles. The number of urea groups is 1.